The number of benzene rings is 1. The average Bonchev–Trinajstić information content (AvgIpc) is 2.64. The molecule has 6 nitrogen and oxygen atoms in total. The fourth-order valence-corrected chi connectivity index (χ4v) is 3.68. The van der Waals surface area contributed by atoms with E-state index in [1.807, 2.05) is 31.2 Å². The second-order valence-electron chi connectivity index (χ2n) is 8.85. The number of nitrogens with zero attached hydrogens (tertiary/aromatic N) is 3. The van der Waals surface area contributed by atoms with Gasteiger partial charge < -0.3 is 10.2 Å². The minimum absolute atomic E-state index is 0.000409. The average molecular weight is 373 g/mol. The summed E-state index contributed by atoms with van der Waals surface area (Å²) in [6, 6.07) is 7.27. The zero-order valence-electron chi connectivity index (χ0n) is 17.0. The van der Waals surface area contributed by atoms with Gasteiger partial charge in [0, 0.05) is 26.2 Å². The van der Waals surface area contributed by atoms with E-state index in [1.54, 1.807) is 4.90 Å². The summed E-state index contributed by atoms with van der Waals surface area (Å²) in [6.45, 7) is 13.7. The van der Waals surface area contributed by atoms with Crippen molar-refractivity contribution in [2.75, 3.05) is 49.5 Å². The number of nitrogens with one attached hydrogen (secondary N) is 1. The quantitative estimate of drug-likeness (QED) is 0.882. The van der Waals surface area contributed by atoms with Crippen LogP contribution in [0.4, 0.5) is 11.4 Å². The van der Waals surface area contributed by atoms with Crippen LogP contribution in [0.3, 0.4) is 0 Å². The van der Waals surface area contributed by atoms with Gasteiger partial charge in [-0.1, -0.05) is 32.9 Å². The molecule has 27 heavy (non-hydrogen) atoms. The molecular weight excluding hydrogens is 340 g/mol. The van der Waals surface area contributed by atoms with Gasteiger partial charge in [-0.2, -0.15) is 0 Å². The Labute approximate surface area is 162 Å². The van der Waals surface area contributed by atoms with Gasteiger partial charge in [0.25, 0.3) is 0 Å². The Morgan fingerprint density at radius 1 is 1.15 bits per heavy atom. The van der Waals surface area contributed by atoms with E-state index < -0.39 is 0 Å². The number of carbonyl (C=O) groups is 2. The first-order valence-electron chi connectivity index (χ1n) is 9.91. The molecule has 0 radical (unpaired) electrons. The van der Waals surface area contributed by atoms with E-state index in [-0.39, 0.29) is 24.4 Å². The highest BCUT2D eigenvalue weighted by molar-refractivity contribution is 6.11. The zero-order valence-corrected chi connectivity index (χ0v) is 17.0. The van der Waals surface area contributed by atoms with Crippen LogP contribution in [0.15, 0.2) is 24.3 Å². The van der Waals surface area contributed by atoms with Gasteiger partial charge in [-0.25, -0.2) is 0 Å². The van der Waals surface area contributed by atoms with Gasteiger partial charge in [0.15, 0.2) is 0 Å². The molecule has 148 valence electrons. The summed E-state index contributed by atoms with van der Waals surface area (Å²) in [4.78, 5) is 31.5. The largest absolute Gasteiger partial charge is 0.323 e. The molecular formula is C21H32N4O2. The van der Waals surface area contributed by atoms with Crippen LogP contribution >= 0.6 is 0 Å². The Morgan fingerprint density at radius 2 is 1.81 bits per heavy atom. The minimum Gasteiger partial charge on any atom is -0.323 e. The number of carbonyl (C=O) groups excluding carboxylic acids is 2. The first-order chi connectivity index (χ1) is 12.7. The SMILES string of the molecule is CC(C(=O)N1CC(=O)Nc2ccccc21)N1CCN(CCC(C)(C)C)CC1. The van der Waals surface area contributed by atoms with Gasteiger partial charge in [-0.15, -0.1) is 0 Å². The molecule has 1 atom stereocenters. The van der Waals surface area contributed by atoms with E-state index in [9.17, 15) is 9.59 Å². The van der Waals surface area contributed by atoms with Crippen molar-refractivity contribution in [2.45, 2.75) is 40.2 Å². The van der Waals surface area contributed by atoms with Crippen molar-refractivity contribution in [2.24, 2.45) is 5.41 Å². The van der Waals surface area contributed by atoms with Gasteiger partial charge in [-0.05, 0) is 37.4 Å². The fraction of sp³-hybridized carbons (Fsp3) is 0.619. The van der Waals surface area contributed by atoms with Gasteiger partial charge in [0.1, 0.15) is 6.54 Å². The number of piperazine rings is 1. The third-order valence-corrected chi connectivity index (χ3v) is 5.53. The summed E-state index contributed by atoms with van der Waals surface area (Å²) in [5.74, 6) is -0.137. The third-order valence-electron chi connectivity index (χ3n) is 5.53. The molecule has 2 aliphatic rings. The molecule has 3 rings (SSSR count). The van der Waals surface area contributed by atoms with Crippen molar-refractivity contribution in [3.05, 3.63) is 24.3 Å². The first kappa shape index (κ1) is 19.8. The lowest BCUT2D eigenvalue weighted by molar-refractivity contribution is -0.126. The number of anilines is 2. The smallest absolute Gasteiger partial charge is 0.244 e. The van der Waals surface area contributed by atoms with Crippen LogP contribution in [0, 0.1) is 5.41 Å². The number of amides is 2. The van der Waals surface area contributed by atoms with E-state index in [4.69, 9.17) is 0 Å². The fourth-order valence-electron chi connectivity index (χ4n) is 3.68. The molecule has 0 bridgehead atoms. The zero-order chi connectivity index (χ0) is 19.6. The van der Waals surface area contributed by atoms with Crippen LogP contribution in [-0.2, 0) is 9.59 Å². The van der Waals surface area contributed by atoms with E-state index in [0.717, 1.165) is 38.4 Å². The van der Waals surface area contributed by atoms with Crippen molar-refractivity contribution in [3.8, 4) is 0 Å². The van der Waals surface area contributed by atoms with E-state index in [0.29, 0.717) is 11.1 Å². The molecule has 1 unspecified atom stereocenters. The molecule has 0 aliphatic carbocycles. The van der Waals surface area contributed by atoms with Crippen LogP contribution in [0.2, 0.25) is 0 Å². The Bertz CT molecular complexity index is 690. The van der Waals surface area contributed by atoms with Crippen molar-refractivity contribution in [1.29, 1.82) is 0 Å². The van der Waals surface area contributed by atoms with Crippen molar-refractivity contribution in [3.63, 3.8) is 0 Å². The van der Waals surface area contributed by atoms with Crippen LogP contribution in [0.5, 0.6) is 0 Å². The third kappa shape index (κ3) is 4.87. The van der Waals surface area contributed by atoms with Crippen molar-refractivity contribution in [1.82, 2.24) is 9.80 Å². The van der Waals surface area contributed by atoms with Crippen LogP contribution in [0.25, 0.3) is 0 Å². The molecule has 1 aromatic rings. The summed E-state index contributed by atoms with van der Waals surface area (Å²) in [5, 5.41) is 2.84. The normalized spacial score (nSPS) is 20.1. The predicted octanol–water partition coefficient (Wildman–Crippen LogP) is 2.41. The second kappa shape index (κ2) is 7.98. The summed E-state index contributed by atoms with van der Waals surface area (Å²) < 4.78 is 0. The van der Waals surface area contributed by atoms with Crippen LogP contribution in [-0.4, -0.2) is 66.9 Å². The lowest BCUT2D eigenvalue weighted by Gasteiger charge is -2.40. The number of para-hydroxylation sites is 2. The molecule has 2 amide bonds. The summed E-state index contributed by atoms with van der Waals surface area (Å²) in [6.07, 6.45) is 1.18. The second-order valence-corrected chi connectivity index (χ2v) is 8.85. The topological polar surface area (TPSA) is 55.9 Å². The van der Waals surface area contributed by atoms with Crippen molar-refractivity contribution >= 4 is 23.2 Å². The molecule has 1 N–H and O–H groups in total. The number of fused-ring (bicyclic) bond motifs is 1. The minimum atomic E-state index is -0.228. The summed E-state index contributed by atoms with van der Waals surface area (Å²) >= 11 is 0. The van der Waals surface area contributed by atoms with Gasteiger partial charge in [0.2, 0.25) is 11.8 Å². The Morgan fingerprint density at radius 3 is 2.48 bits per heavy atom. The monoisotopic (exact) mass is 372 g/mol. The van der Waals surface area contributed by atoms with Crippen LogP contribution < -0.4 is 10.2 Å². The van der Waals surface area contributed by atoms with E-state index in [2.05, 4.69) is 35.9 Å². The maximum absolute atomic E-state index is 13.1. The molecule has 2 aliphatic heterocycles. The number of hydrogen-bond acceptors (Lipinski definition) is 4. The molecule has 6 heteroatoms. The summed E-state index contributed by atoms with van der Waals surface area (Å²) in [5.41, 5.74) is 1.85. The molecule has 0 saturated carbocycles. The highest BCUT2D eigenvalue weighted by Crippen LogP contribution is 2.30. The van der Waals surface area contributed by atoms with Gasteiger partial charge in [0.05, 0.1) is 17.4 Å². The Balaban J connectivity index is 1.60. The van der Waals surface area contributed by atoms with Crippen molar-refractivity contribution < 1.29 is 9.59 Å². The highest BCUT2D eigenvalue weighted by Gasteiger charge is 2.33. The standard InChI is InChI=1S/C21H32N4O2/c1-16(24-13-11-23(12-14-24)10-9-21(2,3)4)20(27)25-15-19(26)22-17-7-5-6-8-18(17)25/h5-8,16H,9-15H2,1-4H3,(H,22,26). The lowest BCUT2D eigenvalue weighted by Crippen LogP contribution is -2.56. The number of hydrogen-bond donors (Lipinski definition) is 1. The Kier molecular flexibility index (Phi) is 5.86. The van der Waals surface area contributed by atoms with E-state index in [1.165, 1.54) is 6.42 Å². The maximum Gasteiger partial charge on any atom is 0.244 e. The van der Waals surface area contributed by atoms with Crippen LogP contribution in [0.1, 0.15) is 34.1 Å². The molecule has 1 saturated heterocycles. The molecule has 0 spiro atoms. The van der Waals surface area contributed by atoms with Gasteiger partial charge in [-0.3, -0.25) is 19.4 Å². The molecule has 2 heterocycles. The molecule has 1 aromatic carbocycles. The maximum atomic E-state index is 13.1. The first-order valence-corrected chi connectivity index (χ1v) is 9.91. The Hall–Kier alpha value is -1.92. The molecule has 1 fully saturated rings. The predicted molar refractivity (Wildman–Crippen MR) is 109 cm³/mol. The van der Waals surface area contributed by atoms with Gasteiger partial charge >= 0.3 is 0 Å². The molecule has 0 aromatic heterocycles. The number of rotatable bonds is 4. The lowest BCUT2D eigenvalue weighted by atomic mass is 9.92. The highest BCUT2D eigenvalue weighted by atomic mass is 16.2. The van der Waals surface area contributed by atoms with E-state index >= 15 is 0 Å². The summed E-state index contributed by atoms with van der Waals surface area (Å²) in [7, 11) is 0.